The number of allylic oxidation sites excluding steroid dienone is 1. The number of hydrogen-bond acceptors (Lipinski definition) is 5. The van der Waals surface area contributed by atoms with Crippen molar-refractivity contribution < 1.29 is 36.3 Å². The van der Waals surface area contributed by atoms with Gasteiger partial charge in [-0.1, -0.05) is 23.7 Å². The lowest BCUT2D eigenvalue weighted by Crippen LogP contribution is -2.43. The van der Waals surface area contributed by atoms with E-state index in [2.05, 4.69) is 5.32 Å². The Hall–Kier alpha value is -3.83. The predicted octanol–water partition coefficient (Wildman–Crippen LogP) is 5.11. The molecule has 0 aromatic heterocycles. The molecule has 0 spiro atoms. The summed E-state index contributed by atoms with van der Waals surface area (Å²) in [7, 11) is -4.48. The van der Waals surface area contributed by atoms with E-state index in [9.17, 15) is 36.3 Å². The molecule has 4 rings (SSSR count). The fourth-order valence-electron chi connectivity index (χ4n) is 3.57. The molecule has 0 radical (unpaired) electrons. The number of rotatable bonds is 4. The molecule has 0 saturated heterocycles. The standard InChI is InChI=1S/C24H16ClF3N2O5S/c25-16-9-5-14(6-10-16)22(32)21-23(33)18-3-1-2-4-19(18)36(34,35)30(21)13-20(31)29-17-11-7-15(8-12-17)24(26,27)28/h1-12,32H,13H2,(H,29,31). The topological polar surface area (TPSA) is 104 Å². The molecule has 1 aliphatic heterocycles. The summed E-state index contributed by atoms with van der Waals surface area (Å²) in [5.74, 6) is -2.49. The minimum atomic E-state index is -4.57. The van der Waals surface area contributed by atoms with E-state index in [-0.39, 0.29) is 21.7 Å². The Kier molecular flexibility index (Phi) is 6.54. The molecule has 0 atom stereocenters. The number of hydrogen-bond donors (Lipinski definition) is 2. The van der Waals surface area contributed by atoms with Crippen molar-refractivity contribution in [3.63, 3.8) is 0 Å². The Bertz CT molecular complexity index is 1490. The van der Waals surface area contributed by atoms with E-state index in [1.807, 2.05) is 0 Å². The van der Waals surface area contributed by atoms with Crippen LogP contribution in [0.15, 0.2) is 83.4 Å². The highest BCUT2D eigenvalue weighted by Crippen LogP contribution is 2.35. The molecule has 186 valence electrons. The van der Waals surface area contributed by atoms with Gasteiger partial charge in [-0.2, -0.15) is 13.2 Å². The van der Waals surface area contributed by atoms with Crippen LogP contribution < -0.4 is 5.32 Å². The smallest absolute Gasteiger partial charge is 0.416 e. The second-order valence-corrected chi connectivity index (χ2v) is 9.93. The van der Waals surface area contributed by atoms with Gasteiger partial charge in [-0.05, 0) is 60.7 Å². The van der Waals surface area contributed by atoms with Crippen molar-refractivity contribution in [3.8, 4) is 0 Å². The quantitative estimate of drug-likeness (QED) is 0.356. The van der Waals surface area contributed by atoms with Crippen LogP contribution in [-0.4, -0.2) is 36.1 Å². The zero-order valence-electron chi connectivity index (χ0n) is 18.1. The molecular formula is C24H16ClF3N2O5S. The lowest BCUT2D eigenvalue weighted by atomic mass is 10.0. The van der Waals surface area contributed by atoms with Gasteiger partial charge in [-0.3, -0.25) is 9.59 Å². The molecule has 36 heavy (non-hydrogen) atoms. The Morgan fingerprint density at radius 3 is 2.19 bits per heavy atom. The third-order valence-corrected chi connectivity index (χ3v) is 7.35. The van der Waals surface area contributed by atoms with E-state index in [1.165, 1.54) is 48.5 Å². The number of nitrogens with zero attached hydrogens (tertiary/aromatic N) is 1. The highest BCUT2D eigenvalue weighted by Gasteiger charge is 2.42. The number of aliphatic hydroxyl groups is 1. The van der Waals surface area contributed by atoms with E-state index in [1.54, 1.807) is 0 Å². The fourth-order valence-corrected chi connectivity index (χ4v) is 5.32. The molecule has 1 heterocycles. The van der Waals surface area contributed by atoms with Crippen LogP contribution in [0.2, 0.25) is 5.02 Å². The van der Waals surface area contributed by atoms with Crippen molar-refractivity contribution >= 4 is 44.8 Å². The van der Waals surface area contributed by atoms with Gasteiger partial charge in [-0.15, -0.1) is 0 Å². The largest absolute Gasteiger partial charge is 0.505 e. The number of amides is 1. The number of sulfonamides is 1. The number of ketones is 1. The molecular weight excluding hydrogens is 521 g/mol. The maximum atomic E-state index is 13.4. The normalized spacial score (nSPS) is 16.3. The van der Waals surface area contributed by atoms with Crippen molar-refractivity contribution in [2.45, 2.75) is 11.1 Å². The third kappa shape index (κ3) is 4.79. The highest BCUT2D eigenvalue weighted by molar-refractivity contribution is 7.89. The van der Waals surface area contributed by atoms with Crippen LogP contribution in [0.5, 0.6) is 0 Å². The number of carbonyl (C=O) groups is 2. The molecule has 1 aliphatic rings. The minimum Gasteiger partial charge on any atom is -0.505 e. The average molecular weight is 537 g/mol. The minimum absolute atomic E-state index is 0.0263. The van der Waals surface area contributed by atoms with E-state index >= 15 is 0 Å². The monoisotopic (exact) mass is 536 g/mol. The summed E-state index contributed by atoms with van der Waals surface area (Å²) in [5, 5.41) is 13.6. The number of fused-ring (bicyclic) bond motifs is 1. The van der Waals surface area contributed by atoms with Gasteiger partial charge < -0.3 is 10.4 Å². The van der Waals surface area contributed by atoms with Gasteiger partial charge in [0, 0.05) is 21.8 Å². The van der Waals surface area contributed by atoms with E-state index in [0.29, 0.717) is 9.33 Å². The van der Waals surface area contributed by atoms with Crippen molar-refractivity contribution in [2.24, 2.45) is 0 Å². The number of Topliss-reactive ketones (excluding diaryl/α,β-unsaturated/α-hetero) is 1. The maximum Gasteiger partial charge on any atom is 0.416 e. The van der Waals surface area contributed by atoms with Gasteiger partial charge >= 0.3 is 6.18 Å². The molecule has 12 heteroatoms. The van der Waals surface area contributed by atoms with Gasteiger partial charge in [0.05, 0.1) is 10.5 Å². The zero-order valence-corrected chi connectivity index (χ0v) is 19.7. The number of aliphatic hydroxyl groups excluding tert-OH is 1. The molecule has 0 bridgehead atoms. The number of benzene rings is 3. The number of carbonyl (C=O) groups excluding carboxylic acids is 2. The second-order valence-electron chi connectivity index (χ2n) is 7.66. The van der Waals surface area contributed by atoms with Crippen molar-refractivity contribution in [1.29, 1.82) is 0 Å². The summed E-state index contributed by atoms with van der Waals surface area (Å²) in [5.41, 5.74) is -1.72. The first-order valence-electron chi connectivity index (χ1n) is 10.2. The summed E-state index contributed by atoms with van der Waals surface area (Å²) < 4.78 is 65.6. The molecule has 7 nitrogen and oxygen atoms in total. The predicted molar refractivity (Wildman–Crippen MR) is 126 cm³/mol. The van der Waals surface area contributed by atoms with Gasteiger partial charge in [0.25, 0.3) is 10.0 Å². The fraction of sp³-hybridized carbons (Fsp3) is 0.0833. The van der Waals surface area contributed by atoms with E-state index < -0.39 is 51.5 Å². The lowest BCUT2D eigenvalue weighted by Gasteiger charge is -2.31. The first-order chi connectivity index (χ1) is 16.9. The third-order valence-electron chi connectivity index (χ3n) is 5.29. The number of alkyl halides is 3. The van der Waals surface area contributed by atoms with Crippen LogP contribution in [0.1, 0.15) is 21.5 Å². The van der Waals surface area contributed by atoms with Gasteiger partial charge in [0.15, 0.2) is 5.76 Å². The highest BCUT2D eigenvalue weighted by atomic mass is 35.5. The molecule has 0 saturated carbocycles. The molecule has 1 amide bonds. The van der Waals surface area contributed by atoms with Gasteiger partial charge in [0.2, 0.25) is 11.7 Å². The van der Waals surface area contributed by atoms with Crippen LogP contribution >= 0.6 is 11.6 Å². The second kappa shape index (κ2) is 9.32. The summed E-state index contributed by atoms with van der Waals surface area (Å²) >= 11 is 5.87. The maximum absolute atomic E-state index is 13.4. The molecule has 0 fully saturated rings. The lowest BCUT2D eigenvalue weighted by molar-refractivity contribution is -0.137. The van der Waals surface area contributed by atoms with E-state index in [0.717, 1.165) is 24.3 Å². The van der Waals surface area contributed by atoms with Gasteiger partial charge in [-0.25, -0.2) is 12.7 Å². The first-order valence-corrected chi connectivity index (χ1v) is 12.0. The van der Waals surface area contributed by atoms with Crippen LogP contribution in [0.4, 0.5) is 18.9 Å². The SMILES string of the molecule is O=C(CN1C(=C(O)c2ccc(Cl)cc2)C(=O)c2ccccc2S1(=O)=O)Nc1ccc(C(F)(F)F)cc1. The molecule has 3 aromatic rings. The van der Waals surface area contributed by atoms with Crippen LogP contribution in [0, 0.1) is 0 Å². The van der Waals surface area contributed by atoms with Crippen LogP contribution in [0.3, 0.4) is 0 Å². The Balaban J connectivity index is 1.74. The summed E-state index contributed by atoms with van der Waals surface area (Å²) in [4.78, 5) is 25.7. The Labute approximate surface area is 208 Å². The Morgan fingerprint density at radius 1 is 0.972 bits per heavy atom. The van der Waals surface area contributed by atoms with Crippen molar-refractivity contribution in [1.82, 2.24) is 4.31 Å². The summed E-state index contributed by atoms with van der Waals surface area (Å²) in [6.45, 7) is -0.934. The number of nitrogens with one attached hydrogen (secondary N) is 1. The first kappa shape index (κ1) is 25.3. The van der Waals surface area contributed by atoms with Crippen molar-refractivity contribution in [2.75, 3.05) is 11.9 Å². The van der Waals surface area contributed by atoms with Crippen molar-refractivity contribution in [3.05, 3.63) is 100 Å². The molecule has 2 N–H and O–H groups in total. The molecule has 0 unspecified atom stereocenters. The summed E-state index contributed by atoms with van der Waals surface area (Å²) in [6.07, 6.45) is -4.57. The summed E-state index contributed by atoms with van der Waals surface area (Å²) in [6, 6.07) is 14.4. The zero-order chi connectivity index (χ0) is 26.3. The molecule has 0 aliphatic carbocycles. The van der Waals surface area contributed by atoms with E-state index in [4.69, 9.17) is 11.6 Å². The molecule has 3 aromatic carbocycles. The number of anilines is 1. The number of halogens is 4. The Morgan fingerprint density at radius 2 is 1.58 bits per heavy atom. The van der Waals surface area contributed by atoms with Crippen LogP contribution in [0.25, 0.3) is 5.76 Å². The average Bonchev–Trinajstić information content (AvgIpc) is 2.83. The van der Waals surface area contributed by atoms with Crippen LogP contribution in [-0.2, 0) is 21.0 Å². The van der Waals surface area contributed by atoms with Gasteiger partial charge in [0.1, 0.15) is 12.2 Å².